The van der Waals surface area contributed by atoms with Gasteiger partial charge < -0.3 is 16.0 Å². The molecule has 3 amide bonds. The van der Waals surface area contributed by atoms with Crippen LogP contribution in [-0.4, -0.2) is 17.7 Å². The van der Waals surface area contributed by atoms with Gasteiger partial charge in [-0.05, 0) is 25.1 Å². The standard InChI is InChI=1S/C24H21N3O3/c1-16-11-13-18(14-12-16)25-23(30)27-24(15-21(28)17-7-3-2-4-8-17)19-9-5-6-10-20(19)26-22(24)29/h2-14H,15H2,1H3,(H,26,29)(H2,25,27,30)/t24-/m0/s1. The number of hydrogen-bond donors (Lipinski definition) is 3. The number of urea groups is 1. The molecular weight excluding hydrogens is 378 g/mol. The van der Waals surface area contributed by atoms with Gasteiger partial charge in [-0.2, -0.15) is 0 Å². The number of rotatable bonds is 5. The molecular formula is C24H21N3O3. The van der Waals surface area contributed by atoms with E-state index in [1.165, 1.54) is 0 Å². The second-order valence-electron chi connectivity index (χ2n) is 7.32. The summed E-state index contributed by atoms with van der Waals surface area (Å²) >= 11 is 0. The highest BCUT2D eigenvalue weighted by molar-refractivity contribution is 6.12. The molecule has 0 aromatic heterocycles. The van der Waals surface area contributed by atoms with E-state index in [-0.39, 0.29) is 12.2 Å². The first-order chi connectivity index (χ1) is 14.5. The van der Waals surface area contributed by atoms with Crippen molar-refractivity contribution in [3.05, 3.63) is 95.6 Å². The zero-order chi connectivity index (χ0) is 21.1. The summed E-state index contributed by atoms with van der Waals surface area (Å²) in [6.07, 6.45) is -0.193. The van der Waals surface area contributed by atoms with Crippen LogP contribution in [0.3, 0.4) is 0 Å². The average Bonchev–Trinajstić information content (AvgIpc) is 3.01. The number of nitrogens with one attached hydrogen (secondary N) is 3. The number of amides is 3. The highest BCUT2D eigenvalue weighted by Crippen LogP contribution is 2.39. The quantitative estimate of drug-likeness (QED) is 0.561. The Labute approximate surface area is 174 Å². The van der Waals surface area contributed by atoms with Crippen molar-refractivity contribution in [2.75, 3.05) is 10.6 Å². The molecule has 0 bridgehead atoms. The van der Waals surface area contributed by atoms with E-state index in [1.54, 1.807) is 60.7 Å². The summed E-state index contributed by atoms with van der Waals surface area (Å²) in [5.41, 5.74) is 1.79. The van der Waals surface area contributed by atoms with Crippen LogP contribution in [0.4, 0.5) is 16.2 Å². The van der Waals surface area contributed by atoms with Crippen molar-refractivity contribution in [1.29, 1.82) is 0 Å². The largest absolute Gasteiger partial charge is 0.323 e. The maximum atomic E-state index is 13.0. The van der Waals surface area contributed by atoms with Gasteiger partial charge in [-0.1, -0.05) is 66.2 Å². The zero-order valence-corrected chi connectivity index (χ0v) is 16.4. The Kier molecular flexibility index (Phi) is 5.06. The number of Topliss-reactive ketones (excluding diaryl/α,β-unsaturated/α-hetero) is 1. The fourth-order valence-electron chi connectivity index (χ4n) is 3.62. The van der Waals surface area contributed by atoms with Crippen molar-refractivity contribution in [2.24, 2.45) is 0 Å². The SMILES string of the molecule is Cc1ccc(NC(=O)N[C@]2(CC(=O)c3ccccc3)C(=O)Nc3ccccc32)cc1. The third-order valence-corrected chi connectivity index (χ3v) is 5.18. The Balaban J connectivity index is 1.66. The van der Waals surface area contributed by atoms with Crippen LogP contribution in [-0.2, 0) is 10.3 Å². The lowest BCUT2D eigenvalue weighted by molar-refractivity contribution is -0.121. The molecule has 0 spiro atoms. The number of anilines is 2. The molecule has 6 heteroatoms. The summed E-state index contributed by atoms with van der Waals surface area (Å²) in [5.74, 6) is -0.676. The van der Waals surface area contributed by atoms with Crippen LogP contribution in [0.15, 0.2) is 78.9 Å². The fraction of sp³-hybridized carbons (Fsp3) is 0.125. The third-order valence-electron chi connectivity index (χ3n) is 5.18. The topological polar surface area (TPSA) is 87.3 Å². The smallest absolute Gasteiger partial charge is 0.320 e. The van der Waals surface area contributed by atoms with Crippen molar-refractivity contribution < 1.29 is 14.4 Å². The summed E-state index contributed by atoms with van der Waals surface area (Å²) < 4.78 is 0. The van der Waals surface area contributed by atoms with Crippen LogP contribution in [0.1, 0.15) is 27.9 Å². The van der Waals surface area contributed by atoms with Crippen LogP contribution in [0.5, 0.6) is 0 Å². The van der Waals surface area contributed by atoms with Crippen LogP contribution >= 0.6 is 0 Å². The third kappa shape index (κ3) is 3.67. The van der Waals surface area contributed by atoms with E-state index in [0.29, 0.717) is 22.5 Å². The van der Waals surface area contributed by atoms with Gasteiger partial charge in [0.1, 0.15) is 0 Å². The number of para-hydroxylation sites is 1. The van der Waals surface area contributed by atoms with Gasteiger partial charge in [-0.15, -0.1) is 0 Å². The van der Waals surface area contributed by atoms with Gasteiger partial charge >= 0.3 is 6.03 Å². The molecule has 0 saturated heterocycles. The summed E-state index contributed by atoms with van der Waals surface area (Å²) in [7, 11) is 0. The highest BCUT2D eigenvalue weighted by atomic mass is 16.2. The Morgan fingerprint density at radius 2 is 1.57 bits per heavy atom. The summed E-state index contributed by atoms with van der Waals surface area (Å²) in [6, 6.07) is 22.6. The minimum absolute atomic E-state index is 0.193. The van der Waals surface area contributed by atoms with Crippen LogP contribution in [0.25, 0.3) is 0 Å². The van der Waals surface area contributed by atoms with Crippen molar-refractivity contribution >= 4 is 29.1 Å². The van der Waals surface area contributed by atoms with Gasteiger partial charge in [0.2, 0.25) is 0 Å². The summed E-state index contributed by atoms with van der Waals surface area (Å²) in [5, 5.41) is 8.31. The number of ketones is 1. The molecule has 4 rings (SSSR count). The summed E-state index contributed by atoms with van der Waals surface area (Å²) in [4.78, 5) is 38.9. The van der Waals surface area contributed by atoms with E-state index in [4.69, 9.17) is 0 Å². The molecule has 0 radical (unpaired) electrons. The molecule has 0 saturated carbocycles. The normalized spacial score (nSPS) is 17.0. The van der Waals surface area contributed by atoms with Crippen LogP contribution in [0, 0.1) is 6.92 Å². The highest BCUT2D eigenvalue weighted by Gasteiger charge is 2.49. The first-order valence-electron chi connectivity index (χ1n) is 9.63. The van der Waals surface area contributed by atoms with Gasteiger partial charge in [0.05, 0.1) is 0 Å². The van der Waals surface area contributed by atoms with E-state index < -0.39 is 17.5 Å². The van der Waals surface area contributed by atoms with E-state index in [0.717, 1.165) is 5.56 Å². The second-order valence-corrected chi connectivity index (χ2v) is 7.32. The maximum absolute atomic E-state index is 13.0. The van der Waals surface area contributed by atoms with Crippen molar-refractivity contribution in [1.82, 2.24) is 5.32 Å². The molecule has 3 N–H and O–H groups in total. The number of benzene rings is 3. The number of fused-ring (bicyclic) bond motifs is 1. The molecule has 0 fully saturated rings. The van der Waals surface area contributed by atoms with Gasteiger partial charge in [-0.25, -0.2) is 4.79 Å². The monoisotopic (exact) mass is 399 g/mol. The Morgan fingerprint density at radius 3 is 2.30 bits per heavy atom. The molecule has 0 aliphatic carbocycles. The number of carbonyl (C=O) groups excluding carboxylic acids is 3. The molecule has 6 nitrogen and oxygen atoms in total. The molecule has 150 valence electrons. The minimum Gasteiger partial charge on any atom is -0.323 e. The Morgan fingerprint density at radius 1 is 0.900 bits per heavy atom. The number of aryl methyl sites for hydroxylation is 1. The van der Waals surface area contributed by atoms with Crippen molar-refractivity contribution in [3.63, 3.8) is 0 Å². The average molecular weight is 399 g/mol. The fourth-order valence-corrected chi connectivity index (χ4v) is 3.62. The predicted molar refractivity (Wildman–Crippen MR) is 115 cm³/mol. The van der Waals surface area contributed by atoms with Gasteiger partial charge in [0, 0.05) is 28.9 Å². The number of carbonyl (C=O) groups is 3. The minimum atomic E-state index is -1.50. The van der Waals surface area contributed by atoms with E-state index in [1.807, 2.05) is 25.1 Å². The Bertz CT molecular complexity index is 1110. The van der Waals surface area contributed by atoms with Crippen LogP contribution < -0.4 is 16.0 Å². The van der Waals surface area contributed by atoms with Crippen LogP contribution in [0.2, 0.25) is 0 Å². The lowest BCUT2D eigenvalue weighted by Crippen LogP contribution is -2.53. The van der Waals surface area contributed by atoms with E-state index >= 15 is 0 Å². The first-order valence-corrected chi connectivity index (χ1v) is 9.63. The van der Waals surface area contributed by atoms with Gasteiger partial charge in [0.15, 0.2) is 11.3 Å². The van der Waals surface area contributed by atoms with Gasteiger partial charge in [0.25, 0.3) is 5.91 Å². The summed E-state index contributed by atoms with van der Waals surface area (Å²) in [6.45, 7) is 1.95. The molecule has 1 aliphatic rings. The molecule has 0 unspecified atom stereocenters. The van der Waals surface area contributed by atoms with E-state index in [9.17, 15) is 14.4 Å². The first kappa shape index (κ1) is 19.4. The lowest BCUT2D eigenvalue weighted by atomic mass is 9.84. The lowest BCUT2D eigenvalue weighted by Gasteiger charge is -2.28. The molecule has 1 heterocycles. The Hall–Kier alpha value is -3.93. The van der Waals surface area contributed by atoms with Gasteiger partial charge in [-0.3, -0.25) is 9.59 Å². The predicted octanol–water partition coefficient (Wildman–Crippen LogP) is 4.24. The second kappa shape index (κ2) is 7.83. The molecule has 1 aliphatic heterocycles. The molecule has 3 aromatic rings. The molecule has 1 atom stereocenters. The van der Waals surface area contributed by atoms with Crippen molar-refractivity contribution in [3.8, 4) is 0 Å². The molecule has 3 aromatic carbocycles. The molecule has 30 heavy (non-hydrogen) atoms. The maximum Gasteiger partial charge on any atom is 0.320 e. The number of hydrogen-bond acceptors (Lipinski definition) is 3. The van der Waals surface area contributed by atoms with Crippen molar-refractivity contribution in [2.45, 2.75) is 18.9 Å². The van der Waals surface area contributed by atoms with E-state index in [2.05, 4.69) is 16.0 Å². The zero-order valence-electron chi connectivity index (χ0n) is 16.4.